The monoisotopic (exact) mass is 204 g/mol. The molecule has 0 aromatic rings. The fourth-order valence-corrected chi connectivity index (χ4v) is 0. The minimum atomic E-state index is -1.08. The summed E-state index contributed by atoms with van der Waals surface area (Å²) in [4.78, 5) is 26.7. The van der Waals surface area contributed by atoms with Gasteiger partial charge in [0.05, 0.1) is 0 Å². The molecule has 0 saturated heterocycles. The van der Waals surface area contributed by atoms with Gasteiger partial charge in [-0.2, -0.15) is 0 Å². The van der Waals surface area contributed by atoms with Gasteiger partial charge in [0.1, 0.15) is 0 Å². The Kier molecular flexibility index (Phi) is 36.7. The normalized spacial score (nSPS) is 5.86. The van der Waals surface area contributed by atoms with Gasteiger partial charge in [0.25, 0.3) is 0 Å². The van der Waals surface area contributed by atoms with Gasteiger partial charge in [0, 0.05) is 17.9 Å². The summed E-state index contributed by atoms with van der Waals surface area (Å²) in [5.41, 5.74) is 0. The molecular formula is C8H12O6. The first-order chi connectivity index (χ1) is 6.20. The molecule has 0 aliphatic carbocycles. The van der Waals surface area contributed by atoms with Crippen LogP contribution in [0.15, 0.2) is 0 Å². The maximum atomic E-state index is 8.89. The van der Waals surface area contributed by atoms with Crippen molar-refractivity contribution in [2.24, 2.45) is 0 Å². The van der Waals surface area contributed by atoms with Crippen LogP contribution in [0.3, 0.4) is 0 Å². The van der Waals surface area contributed by atoms with Crippen LogP contribution >= 0.6 is 0 Å². The van der Waals surface area contributed by atoms with Gasteiger partial charge in [-0.05, 0) is 20.8 Å². The van der Waals surface area contributed by atoms with E-state index in [9.17, 15) is 0 Å². The molecule has 0 N–H and O–H groups in total. The molecule has 0 unspecified atom stereocenters. The third-order valence-electron chi connectivity index (χ3n) is 0. The molecule has 0 rings (SSSR count). The van der Waals surface area contributed by atoms with Crippen LogP contribution in [0.4, 0.5) is 0 Å². The Morgan fingerprint density at radius 3 is 0.714 bits per heavy atom. The predicted molar refractivity (Wildman–Crippen MR) is 41.0 cm³/mol. The Hall–Kier alpha value is -1.59. The first kappa shape index (κ1) is 22.8. The van der Waals surface area contributed by atoms with Gasteiger partial charge >= 0.3 is 13.8 Å². The van der Waals surface area contributed by atoms with E-state index in [2.05, 4.69) is 0 Å². The van der Waals surface area contributed by atoms with E-state index in [0.29, 0.717) is 0 Å². The Morgan fingerprint density at radius 2 is 0.714 bits per heavy atom. The number of hydrogen-bond donors (Lipinski definition) is 0. The summed E-state index contributed by atoms with van der Waals surface area (Å²) in [6, 6.07) is 0. The molecule has 0 fully saturated rings. The number of carboxylic acids is 3. The molecule has 0 spiro atoms. The third kappa shape index (κ3) is 365. The number of carbonyl (C=O) groups is 3. The number of carboxylic acid groups (broad SMARTS) is 3. The second-order valence-electron chi connectivity index (χ2n) is 1.47. The van der Waals surface area contributed by atoms with Crippen LogP contribution in [-0.2, 0) is 14.4 Å². The molecule has 14 heavy (non-hydrogen) atoms. The second-order valence-corrected chi connectivity index (χ2v) is 1.47. The summed E-state index contributed by atoms with van der Waals surface area (Å²) in [6.07, 6.45) is 0. The van der Waals surface area contributed by atoms with Crippen molar-refractivity contribution in [1.82, 2.24) is 0 Å². The molecule has 0 amide bonds. The standard InChI is InChI=1S/3C2H4O2.C2H3/c3*1-2(3)4;1-2/h3*1H3,(H,3,4);1H3/q;;;+3/p-3. The van der Waals surface area contributed by atoms with Crippen molar-refractivity contribution in [3.8, 4) is 0 Å². The third-order valence-corrected chi connectivity index (χ3v) is 0. The van der Waals surface area contributed by atoms with Crippen molar-refractivity contribution in [3.05, 3.63) is 6.92 Å². The van der Waals surface area contributed by atoms with Gasteiger partial charge in [0.2, 0.25) is 0 Å². The van der Waals surface area contributed by atoms with Crippen LogP contribution in [0.5, 0.6) is 0 Å². The molecule has 0 aliphatic rings. The van der Waals surface area contributed by atoms with Gasteiger partial charge in [-0.25, -0.2) is 0 Å². The number of hydrogen-bond acceptors (Lipinski definition) is 6. The van der Waals surface area contributed by atoms with Crippen LogP contribution in [0.1, 0.15) is 27.7 Å². The zero-order valence-corrected chi connectivity index (χ0v) is 8.45. The molecule has 0 saturated carbocycles. The first-order valence-electron chi connectivity index (χ1n) is 3.22. The van der Waals surface area contributed by atoms with E-state index in [0.717, 1.165) is 20.8 Å². The second kappa shape index (κ2) is 22.5. The summed E-state index contributed by atoms with van der Waals surface area (Å²) in [7, 11) is 0. The number of rotatable bonds is 0. The summed E-state index contributed by atoms with van der Waals surface area (Å²) in [5.74, 6) is -3.25. The number of carbonyl (C=O) groups excluding carboxylic acids is 3. The molecule has 0 heterocycles. The van der Waals surface area contributed by atoms with E-state index in [4.69, 9.17) is 36.6 Å². The van der Waals surface area contributed by atoms with Crippen molar-refractivity contribution >= 4 is 17.9 Å². The van der Waals surface area contributed by atoms with Gasteiger partial charge in [0.15, 0.2) is 0 Å². The number of aliphatic carboxylic acids is 3. The van der Waals surface area contributed by atoms with Crippen molar-refractivity contribution in [2.75, 3.05) is 0 Å². The molecule has 0 aromatic carbocycles. The van der Waals surface area contributed by atoms with Gasteiger partial charge in [-0.3, -0.25) is 0 Å². The zero-order chi connectivity index (χ0) is 12.7. The summed E-state index contributed by atoms with van der Waals surface area (Å²) in [6.45, 7) is 9.92. The van der Waals surface area contributed by atoms with E-state index >= 15 is 0 Å². The predicted octanol–water partition coefficient (Wildman–Crippen LogP) is -3.14. The van der Waals surface area contributed by atoms with Crippen molar-refractivity contribution in [2.45, 2.75) is 27.7 Å². The van der Waals surface area contributed by atoms with E-state index in [1.165, 1.54) is 6.92 Å². The zero-order valence-electron chi connectivity index (χ0n) is 8.45. The molecule has 0 atom stereocenters. The Labute approximate surface area is 83.2 Å². The Bertz CT molecular complexity index is 111. The molecular weight excluding hydrogens is 192 g/mol. The fourth-order valence-electron chi connectivity index (χ4n) is 0. The van der Waals surface area contributed by atoms with E-state index in [-0.39, 0.29) is 0 Å². The Balaban J connectivity index is -0.0000000492. The molecule has 0 aliphatic heterocycles. The first-order valence-corrected chi connectivity index (χ1v) is 3.22. The SMILES string of the molecule is CC(=O)[O-].CC(=O)[O-].CC(=O)[O-].[C+3]C. The van der Waals surface area contributed by atoms with Gasteiger partial charge in [-0.15, -0.1) is 0 Å². The van der Waals surface area contributed by atoms with Crippen LogP contribution in [-0.4, -0.2) is 17.9 Å². The van der Waals surface area contributed by atoms with E-state index in [1.807, 2.05) is 0 Å². The molecule has 0 bridgehead atoms. The Morgan fingerprint density at radius 1 is 0.714 bits per heavy atom. The quantitative estimate of drug-likeness (QED) is 0.411. The van der Waals surface area contributed by atoms with Gasteiger partial charge < -0.3 is 29.7 Å². The fraction of sp³-hybridized carbons (Fsp3) is 0.500. The van der Waals surface area contributed by atoms with Gasteiger partial charge in [-0.1, -0.05) is 0 Å². The van der Waals surface area contributed by atoms with E-state index < -0.39 is 17.9 Å². The molecule has 6 heteroatoms. The molecule has 0 aromatic heterocycles. The average Bonchev–Trinajstić information content (AvgIpc) is 1.86. The average molecular weight is 204 g/mol. The van der Waals surface area contributed by atoms with Crippen molar-refractivity contribution < 1.29 is 29.7 Å². The van der Waals surface area contributed by atoms with Crippen LogP contribution in [0.25, 0.3) is 0 Å². The summed E-state index contributed by atoms with van der Waals surface area (Å²) >= 11 is 0. The molecule has 0 radical (unpaired) electrons. The van der Waals surface area contributed by atoms with Crippen molar-refractivity contribution in [3.63, 3.8) is 0 Å². The molecule has 80 valence electrons. The van der Waals surface area contributed by atoms with Crippen molar-refractivity contribution in [1.29, 1.82) is 0 Å². The van der Waals surface area contributed by atoms with Crippen LogP contribution in [0, 0.1) is 6.92 Å². The topological polar surface area (TPSA) is 120 Å². The summed E-state index contributed by atoms with van der Waals surface area (Å²) < 4.78 is 0. The summed E-state index contributed by atoms with van der Waals surface area (Å²) in [5, 5.41) is 26.7. The minimum absolute atomic E-state index is 0.972. The van der Waals surface area contributed by atoms with Crippen LogP contribution in [0.2, 0.25) is 0 Å². The molecule has 6 nitrogen and oxygen atoms in total. The van der Waals surface area contributed by atoms with E-state index in [1.54, 1.807) is 0 Å². The van der Waals surface area contributed by atoms with Crippen LogP contribution < -0.4 is 15.3 Å². The maximum absolute atomic E-state index is 8.89.